The van der Waals surface area contributed by atoms with Crippen LogP contribution in [0.25, 0.3) is 16.6 Å². The van der Waals surface area contributed by atoms with Gasteiger partial charge in [-0.15, -0.1) is 0 Å². The van der Waals surface area contributed by atoms with Crippen LogP contribution in [0, 0.1) is 0 Å². The number of urea groups is 1. The number of fused-ring (bicyclic) bond motifs is 1. The predicted molar refractivity (Wildman–Crippen MR) is 156 cm³/mol. The molecule has 10 heteroatoms. The third kappa shape index (κ3) is 7.09. The number of aromatic nitrogens is 2. The Bertz CT molecular complexity index is 1300. The van der Waals surface area contributed by atoms with Crippen LogP contribution in [0.2, 0.25) is 0 Å². The first-order valence-corrected chi connectivity index (χ1v) is 13.7. The van der Waals surface area contributed by atoms with Gasteiger partial charge >= 0.3 is 6.03 Å². The standard InChI is InChI=1S/C24H24ClN5O2S2.C2H6/c1-3-22(33-16(2)25)34-28-24(32)27-18-6-9-21(26-15-18)30-13-10-17-14-19(29-11-4-5-12-29)7-8-20(17)23(30)31;1-2/h3,6-10,13-15H,2,4-5,11-12H2,1H3,(H2,27,28,32);1-2H3/b22-3+;. The molecule has 190 valence electrons. The Kier molecular flexibility index (Phi) is 10.3. The van der Waals surface area contributed by atoms with E-state index in [1.165, 1.54) is 35.4 Å². The van der Waals surface area contributed by atoms with Gasteiger partial charge in [0.15, 0.2) is 0 Å². The fourth-order valence-corrected chi connectivity index (χ4v) is 5.37. The molecule has 0 unspecified atom stereocenters. The number of hydrogen-bond acceptors (Lipinski definition) is 6. The van der Waals surface area contributed by atoms with Crippen LogP contribution in [0.5, 0.6) is 0 Å². The van der Waals surface area contributed by atoms with Crippen LogP contribution in [0.1, 0.15) is 33.6 Å². The van der Waals surface area contributed by atoms with E-state index in [0.29, 0.717) is 21.3 Å². The molecule has 0 radical (unpaired) electrons. The van der Waals surface area contributed by atoms with Gasteiger partial charge < -0.3 is 10.2 Å². The van der Waals surface area contributed by atoms with Gasteiger partial charge in [0.05, 0.1) is 20.5 Å². The SMILES string of the molecule is C=C(Cl)S/C(=C\C)SNC(=O)Nc1ccc(-n2ccc3cc(N4CCCC4)ccc3c2=O)nc1.CC. The number of allylic oxidation sites excluding steroid dienone is 1. The van der Waals surface area contributed by atoms with E-state index in [-0.39, 0.29) is 5.56 Å². The smallest absolute Gasteiger partial charge is 0.329 e. The number of halogens is 1. The van der Waals surface area contributed by atoms with Crippen LogP contribution in [0.4, 0.5) is 16.2 Å². The summed E-state index contributed by atoms with van der Waals surface area (Å²) in [6.45, 7) is 11.6. The number of nitrogens with one attached hydrogen (secondary N) is 2. The van der Waals surface area contributed by atoms with Crippen molar-refractivity contribution in [1.82, 2.24) is 14.3 Å². The fraction of sp³-hybridized carbons (Fsp3) is 0.269. The second-order valence-electron chi connectivity index (χ2n) is 7.58. The van der Waals surface area contributed by atoms with Crippen LogP contribution < -0.4 is 20.5 Å². The number of hydrogen-bond donors (Lipinski definition) is 2. The van der Waals surface area contributed by atoms with E-state index in [1.54, 1.807) is 18.3 Å². The van der Waals surface area contributed by atoms with Crippen molar-refractivity contribution in [3.05, 3.63) is 80.4 Å². The summed E-state index contributed by atoms with van der Waals surface area (Å²) in [4.78, 5) is 32.0. The molecule has 1 aliphatic heterocycles. The van der Waals surface area contributed by atoms with Gasteiger partial charge in [-0.2, -0.15) is 0 Å². The van der Waals surface area contributed by atoms with Gasteiger partial charge in [-0.25, -0.2) is 9.78 Å². The number of benzene rings is 1. The predicted octanol–water partition coefficient (Wildman–Crippen LogP) is 7.09. The average Bonchev–Trinajstić information content (AvgIpc) is 3.43. The van der Waals surface area contributed by atoms with Crippen molar-refractivity contribution in [1.29, 1.82) is 0 Å². The Morgan fingerprint density at radius 3 is 2.56 bits per heavy atom. The number of carbonyl (C=O) groups is 1. The van der Waals surface area contributed by atoms with Crippen molar-refractivity contribution in [2.24, 2.45) is 0 Å². The molecule has 3 aromatic rings. The monoisotopic (exact) mass is 543 g/mol. The van der Waals surface area contributed by atoms with Crippen molar-refractivity contribution in [2.45, 2.75) is 33.6 Å². The largest absolute Gasteiger partial charge is 0.372 e. The summed E-state index contributed by atoms with van der Waals surface area (Å²) in [6.07, 6.45) is 7.48. The third-order valence-electron chi connectivity index (χ3n) is 5.30. The van der Waals surface area contributed by atoms with Crippen LogP contribution in [-0.2, 0) is 0 Å². The molecule has 1 aliphatic rings. The molecule has 2 aromatic heterocycles. The fourth-order valence-electron chi connectivity index (χ4n) is 3.69. The Morgan fingerprint density at radius 1 is 1.17 bits per heavy atom. The first-order chi connectivity index (χ1) is 17.4. The third-order valence-corrected chi connectivity index (χ3v) is 7.42. The molecule has 1 fully saturated rings. The van der Waals surface area contributed by atoms with Crippen LogP contribution >= 0.6 is 35.3 Å². The summed E-state index contributed by atoms with van der Waals surface area (Å²) in [5.74, 6) is 0.476. The molecule has 2 amide bonds. The first kappa shape index (κ1) is 27.7. The van der Waals surface area contributed by atoms with Gasteiger partial charge in [0.1, 0.15) is 5.82 Å². The molecular weight excluding hydrogens is 514 g/mol. The zero-order chi connectivity index (χ0) is 26.1. The van der Waals surface area contributed by atoms with E-state index in [0.717, 1.165) is 40.3 Å². The number of nitrogens with zero attached hydrogens (tertiary/aromatic N) is 3. The highest BCUT2D eigenvalue weighted by atomic mass is 35.5. The van der Waals surface area contributed by atoms with Crippen molar-refractivity contribution in [3.63, 3.8) is 0 Å². The minimum Gasteiger partial charge on any atom is -0.372 e. The number of carbonyl (C=O) groups excluding carboxylic acids is 1. The Labute approximate surface area is 225 Å². The van der Waals surface area contributed by atoms with E-state index in [1.807, 2.05) is 45.0 Å². The molecule has 0 saturated carbocycles. The molecule has 7 nitrogen and oxygen atoms in total. The van der Waals surface area contributed by atoms with Crippen molar-refractivity contribution in [2.75, 3.05) is 23.3 Å². The van der Waals surface area contributed by atoms with Gasteiger partial charge in [0, 0.05) is 30.4 Å². The maximum atomic E-state index is 13.1. The Balaban J connectivity index is 0.00000176. The normalized spacial score (nSPS) is 13.2. The molecular formula is C26H30ClN5O2S2. The molecule has 1 aromatic carbocycles. The summed E-state index contributed by atoms with van der Waals surface area (Å²) in [5.41, 5.74) is 1.52. The van der Waals surface area contributed by atoms with Crippen LogP contribution in [-0.4, -0.2) is 28.7 Å². The first-order valence-electron chi connectivity index (χ1n) is 11.7. The lowest BCUT2D eigenvalue weighted by atomic mass is 10.1. The van der Waals surface area contributed by atoms with E-state index >= 15 is 0 Å². The molecule has 3 heterocycles. The van der Waals surface area contributed by atoms with Gasteiger partial charge in [0.2, 0.25) is 0 Å². The Hall–Kier alpha value is -2.88. The minimum absolute atomic E-state index is 0.134. The lowest BCUT2D eigenvalue weighted by Gasteiger charge is -2.18. The molecule has 1 saturated heterocycles. The van der Waals surface area contributed by atoms with E-state index in [2.05, 4.69) is 32.6 Å². The highest BCUT2D eigenvalue weighted by molar-refractivity contribution is 8.24. The van der Waals surface area contributed by atoms with Gasteiger partial charge in [-0.1, -0.05) is 49.9 Å². The van der Waals surface area contributed by atoms with Gasteiger partial charge in [-0.3, -0.25) is 14.1 Å². The Morgan fingerprint density at radius 2 is 1.92 bits per heavy atom. The van der Waals surface area contributed by atoms with Crippen molar-refractivity contribution >= 4 is 63.5 Å². The molecule has 0 atom stereocenters. The van der Waals surface area contributed by atoms with Crippen LogP contribution in [0.15, 0.2) is 74.8 Å². The highest BCUT2D eigenvalue weighted by Crippen LogP contribution is 2.33. The van der Waals surface area contributed by atoms with Gasteiger partial charge in [-0.05, 0) is 73.5 Å². The molecule has 0 spiro atoms. The second kappa shape index (κ2) is 13.4. The molecule has 0 bridgehead atoms. The van der Waals surface area contributed by atoms with Crippen molar-refractivity contribution in [3.8, 4) is 5.82 Å². The van der Waals surface area contributed by atoms with Gasteiger partial charge in [0.25, 0.3) is 5.56 Å². The zero-order valence-electron chi connectivity index (χ0n) is 20.6. The summed E-state index contributed by atoms with van der Waals surface area (Å²) in [6, 6.07) is 10.9. The summed E-state index contributed by atoms with van der Waals surface area (Å²) in [5, 5.41) is 4.27. The van der Waals surface area contributed by atoms with Crippen molar-refractivity contribution < 1.29 is 4.79 Å². The quantitative estimate of drug-likeness (QED) is 0.310. The average molecular weight is 544 g/mol. The number of pyridine rings is 2. The molecule has 2 N–H and O–H groups in total. The maximum Gasteiger partial charge on any atom is 0.329 e. The zero-order valence-corrected chi connectivity index (χ0v) is 23.0. The lowest BCUT2D eigenvalue weighted by Crippen LogP contribution is -2.23. The topological polar surface area (TPSA) is 79.3 Å². The number of anilines is 2. The highest BCUT2D eigenvalue weighted by Gasteiger charge is 2.14. The van der Waals surface area contributed by atoms with E-state index in [9.17, 15) is 9.59 Å². The summed E-state index contributed by atoms with van der Waals surface area (Å²) >= 11 is 8.19. The summed E-state index contributed by atoms with van der Waals surface area (Å²) in [7, 11) is 0. The van der Waals surface area contributed by atoms with E-state index in [4.69, 9.17) is 11.6 Å². The van der Waals surface area contributed by atoms with Crippen LogP contribution in [0.3, 0.4) is 0 Å². The number of rotatable bonds is 7. The molecule has 0 aliphatic carbocycles. The maximum absolute atomic E-state index is 13.1. The summed E-state index contributed by atoms with van der Waals surface area (Å²) < 4.78 is 5.40. The number of amides is 2. The van der Waals surface area contributed by atoms with E-state index < -0.39 is 6.03 Å². The second-order valence-corrected chi connectivity index (χ2v) is 10.5. The lowest BCUT2D eigenvalue weighted by molar-refractivity contribution is 0.257. The number of thioether (sulfide) groups is 1. The minimum atomic E-state index is -0.406. The molecule has 36 heavy (non-hydrogen) atoms. The molecule has 4 rings (SSSR count).